The molecule has 0 saturated heterocycles. The van der Waals surface area contributed by atoms with Gasteiger partial charge in [0.25, 0.3) is 0 Å². The van der Waals surface area contributed by atoms with Gasteiger partial charge in [-0.15, -0.1) is 0 Å². The molecular formula is C32H38N4O4. The van der Waals surface area contributed by atoms with Crippen LogP contribution in [0, 0.1) is 0 Å². The number of amides is 1. The van der Waals surface area contributed by atoms with Gasteiger partial charge in [-0.25, -0.2) is 10.0 Å². The van der Waals surface area contributed by atoms with Crippen LogP contribution in [0.15, 0.2) is 85.1 Å². The average molecular weight is 543 g/mol. The molecule has 0 saturated carbocycles. The van der Waals surface area contributed by atoms with Gasteiger partial charge in [0.1, 0.15) is 18.3 Å². The van der Waals surface area contributed by atoms with Crippen molar-refractivity contribution in [1.29, 1.82) is 0 Å². The molecule has 0 aliphatic heterocycles. The van der Waals surface area contributed by atoms with Crippen molar-refractivity contribution in [2.75, 3.05) is 33.8 Å². The molecule has 1 aromatic heterocycles. The lowest BCUT2D eigenvalue weighted by Gasteiger charge is -2.40. The number of carboxylic acids is 1. The number of fused-ring (bicyclic) bond motifs is 1. The Morgan fingerprint density at radius 3 is 2.38 bits per heavy atom. The maximum absolute atomic E-state index is 14.1. The predicted molar refractivity (Wildman–Crippen MR) is 157 cm³/mol. The topological polar surface area (TPSA) is 89.1 Å². The largest absolute Gasteiger partial charge is 0.496 e. The SMILES string of the molecule is CCN([C@@H](Cc1ccccc1)C(=O)N(C)Cc1ccccc1OC)N(CCc1c[nH]c2ccccc12)CC(=O)O. The Labute approximate surface area is 235 Å². The molecule has 0 fully saturated rings. The van der Waals surface area contributed by atoms with Crippen molar-refractivity contribution in [3.63, 3.8) is 0 Å². The zero-order valence-corrected chi connectivity index (χ0v) is 23.4. The van der Waals surface area contributed by atoms with Gasteiger partial charge in [-0.3, -0.25) is 9.59 Å². The Bertz CT molecular complexity index is 1400. The van der Waals surface area contributed by atoms with E-state index in [0.29, 0.717) is 32.5 Å². The first-order valence-electron chi connectivity index (χ1n) is 13.6. The number of hydrogen-bond donors (Lipinski definition) is 2. The first-order valence-corrected chi connectivity index (χ1v) is 13.6. The third-order valence-electron chi connectivity index (χ3n) is 7.21. The van der Waals surface area contributed by atoms with Crippen LogP contribution < -0.4 is 4.74 Å². The summed E-state index contributed by atoms with van der Waals surface area (Å²) in [5, 5.41) is 14.7. The second-order valence-corrected chi connectivity index (χ2v) is 9.86. The number of ether oxygens (including phenoxy) is 1. The van der Waals surface area contributed by atoms with Crippen LogP contribution in [-0.4, -0.2) is 76.7 Å². The highest BCUT2D eigenvalue weighted by atomic mass is 16.5. The van der Waals surface area contributed by atoms with Gasteiger partial charge in [-0.2, -0.15) is 0 Å². The van der Waals surface area contributed by atoms with Crippen molar-refractivity contribution in [2.24, 2.45) is 0 Å². The second-order valence-electron chi connectivity index (χ2n) is 9.86. The number of aromatic nitrogens is 1. The molecule has 210 valence electrons. The molecule has 0 radical (unpaired) electrons. The molecule has 0 aliphatic carbocycles. The minimum atomic E-state index is -0.939. The zero-order chi connectivity index (χ0) is 28.5. The number of likely N-dealkylation sites (N-methyl/N-ethyl adjacent to an activating group) is 2. The van der Waals surface area contributed by atoms with Gasteiger partial charge in [-0.05, 0) is 36.1 Å². The number of hydrogen-bond acceptors (Lipinski definition) is 5. The molecule has 8 nitrogen and oxygen atoms in total. The molecule has 0 aliphatic rings. The second kappa shape index (κ2) is 13.8. The highest BCUT2D eigenvalue weighted by Crippen LogP contribution is 2.22. The number of carbonyl (C=O) groups is 2. The standard InChI is InChI=1S/C32H38N4O4/c1-4-36(35(23-31(37)38)19-18-25-21-33-28-16-10-9-15-27(25)28)29(20-24-12-6-5-7-13-24)32(39)34(2)22-26-14-8-11-17-30(26)40-3/h5-17,21,29,33H,4,18-20,22-23H2,1-3H3,(H,37,38)/t29-/m0/s1. The first-order chi connectivity index (χ1) is 19.4. The van der Waals surface area contributed by atoms with E-state index < -0.39 is 12.0 Å². The molecule has 3 aromatic carbocycles. The summed E-state index contributed by atoms with van der Waals surface area (Å²) in [6, 6.07) is 25.0. The lowest BCUT2D eigenvalue weighted by molar-refractivity contribution is -0.155. The van der Waals surface area contributed by atoms with E-state index in [2.05, 4.69) is 11.1 Å². The molecule has 40 heavy (non-hydrogen) atoms. The van der Waals surface area contributed by atoms with E-state index in [0.717, 1.165) is 33.3 Å². The molecule has 0 unspecified atom stereocenters. The number of para-hydroxylation sites is 2. The summed E-state index contributed by atoms with van der Waals surface area (Å²) < 4.78 is 5.51. The van der Waals surface area contributed by atoms with Crippen LogP contribution in [0.1, 0.15) is 23.6 Å². The number of carbonyl (C=O) groups excluding carboxylic acids is 1. The van der Waals surface area contributed by atoms with Crippen LogP contribution >= 0.6 is 0 Å². The Hall–Kier alpha value is -4.14. The molecule has 4 rings (SSSR count). The van der Waals surface area contributed by atoms with Crippen LogP contribution in [-0.2, 0) is 29.0 Å². The van der Waals surface area contributed by atoms with Crippen LogP contribution in [0.5, 0.6) is 5.75 Å². The Kier molecular flexibility index (Phi) is 9.94. The average Bonchev–Trinajstić information content (AvgIpc) is 3.39. The summed E-state index contributed by atoms with van der Waals surface area (Å²) in [5.74, 6) is -0.301. The zero-order valence-electron chi connectivity index (χ0n) is 23.4. The Balaban J connectivity index is 1.62. The van der Waals surface area contributed by atoms with Crippen LogP contribution in [0.3, 0.4) is 0 Å². The van der Waals surface area contributed by atoms with Crippen molar-refractivity contribution in [3.8, 4) is 5.75 Å². The summed E-state index contributed by atoms with van der Waals surface area (Å²) in [4.78, 5) is 31.1. The van der Waals surface area contributed by atoms with Gasteiger partial charge in [0.15, 0.2) is 0 Å². The molecule has 1 atom stereocenters. The fourth-order valence-corrected chi connectivity index (χ4v) is 5.24. The van der Waals surface area contributed by atoms with Gasteiger partial charge < -0.3 is 19.7 Å². The van der Waals surface area contributed by atoms with Crippen LogP contribution in [0.4, 0.5) is 0 Å². The van der Waals surface area contributed by atoms with Gasteiger partial charge in [0.05, 0.1) is 7.11 Å². The van der Waals surface area contributed by atoms with E-state index >= 15 is 0 Å². The first kappa shape index (κ1) is 28.9. The van der Waals surface area contributed by atoms with Crippen LogP contribution in [0.2, 0.25) is 0 Å². The molecule has 1 amide bonds. The number of nitrogens with one attached hydrogen (secondary N) is 1. The maximum Gasteiger partial charge on any atom is 0.319 e. The maximum atomic E-state index is 14.1. The molecular weight excluding hydrogens is 504 g/mol. The molecule has 0 spiro atoms. The molecule has 8 heteroatoms. The molecule has 1 heterocycles. The monoisotopic (exact) mass is 542 g/mol. The van der Waals surface area contributed by atoms with Crippen LogP contribution in [0.25, 0.3) is 10.9 Å². The van der Waals surface area contributed by atoms with Gasteiger partial charge >= 0.3 is 5.97 Å². The smallest absolute Gasteiger partial charge is 0.319 e. The number of nitrogens with zero attached hydrogens (tertiary/aromatic N) is 3. The van der Waals surface area contributed by atoms with Crippen molar-refractivity contribution >= 4 is 22.8 Å². The Morgan fingerprint density at radius 1 is 0.950 bits per heavy atom. The number of methoxy groups -OCH3 is 1. The lowest BCUT2D eigenvalue weighted by Crippen LogP contribution is -2.57. The third kappa shape index (κ3) is 7.08. The number of aliphatic carboxylic acids is 1. The van der Waals surface area contributed by atoms with Gasteiger partial charge in [0.2, 0.25) is 5.91 Å². The normalized spacial score (nSPS) is 12.1. The quantitative estimate of drug-likeness (QED) is 0.226. The summed E-state index contributed by atoms with van der Waals surface area (Å²) in [5.41, 5.74) is 4.08. The molecule has 2 N–H and O–H groups in total. The minimum absolute atomic E-state index is 0.0842. The van der Waals surface area contributed by atoms with E-state index in [-0.39, 0.29) is 12.5 Å². The number of aromatic amines is 1. The predicted octanol–water partition coefficient (Wildman–Crippen LogP) is 4.61. The molecule has 0 bridgehead atoms. The van der Waals surface area contributed by atoms with E-state index in [1.807, 2.05) is 95.9 Å². The van der Waals surface area contributed by atoms with E-state index in [1.54, 1.807) is 19.1 Å². The lowest BCUT2D eigenvalue weighted by atomic mass is 10.0. The van der Waals surface area contributed by atoms with Crippen molar-refractivity contribution in [3.05, 3.63) is 102 Å². The van der Waals surface area contributed by atoms with Gasteiger partial charge in [0, 0.05) is 49.3 Å². The van der Waals surface area contributed by atoms with E-state index in [1.165, 1.54) is 0 Å². The minimum Gasteiger partial charge on any atom is -0.496 e. The summed E-state index contributed by atoms with van der Waals surface area (Å²) in [7, 11) is 3.41. The highest BCUT2D eigenvalue weighted by Gasteiger charge is 2.33. The number of benzene rings is 3. The summed E-state index contributed by atoms with van der Waals surface area (Å²) in [6.45, 7) is 3.07. The molecule has 4 aromatic rings. The Morgan fingerprint density at radius 2 is 1.65 bits per heavy atom. The third-order valence-corrected chi connectivity index (χ3v) is 7.21. The number of carboxylic acid groups (broad SMARTS) is 1. The summed E-state index contributed by atoms with van der Waals surface area (Å²) in [6.07, 6.45) is 3.07. The van der Waals surface area contributed by atoms with Gasteiger partial charge in [-0.1, -0.05) is 73.7 Å². The fraction of sp³-hybridized carbons (Fsp3) is 0.312. The van der Waals surface area contributed by atoms with Crippen molar-refractivity contribution < 1.29 is 19.4 Å². The fourth-order valence-electron chi connectivity index (χ4n) is 5.24. The van der Waals surface area contributed by atoms with E-state index in [9.17, 15) is 14.7 Å². The summed E-state index contributed by atoms with van der Waals surface area (Å²) >= 11 is 0. The van der Waals surface area contributed by atoms with E-state index in [4.69, 9.17) is 4.74 Å². The highest BCUT2D eigenvalue weighted by molar-refractivity contribution is 5.83. The van der Waals surface area contributed by atoms with Crippen molar-refractivity contribution in [1.82, 2.24) is 19.9 Å². The number of hydrazine groups is 1. The van der Waals surface area contributed by atoms with Crippen molar-refractivity contribution in [2.45, 2.75) is 32.4 Å². The number of rotatable bonds is 14. The number of H-pyrrole nitrogens is 1.